The molecule has 0 aromatic carbocycles. The predicted octanol–water partition coefficient (Wildman–Crippen LogP) is 0.781. The predicted molar refractivity (Wildman–Crippen MR) is 74.3 cm³/mol. The molecule has 0 bridgehead atoms. The number of amides is 3. The van der Waals surface area contributed by atoms with Crippen LogP contribution < -0.4 is 11.1 Å². The first kappa shape index (κ1) is 16.0. The monoisotopic (exact) mass is 299 g/mol. The molecule has 1 unspecified atom stereocenters. The number of thiophene rings is 1. The molecule has 7 nitrogen and oxygen atoms in total. The number of rotatable bonds is 7. The topological polar surface area (TPSA) is 113 Å². The van der Waals surface area contributed by atoms with Gasteiger partial charge >= 0.3 is 12.0 Å². The molecule has 3 amide bonds. The highest BCUT2D eigenvalue weighted by Gasteiger charge is 2.22. The fourth-order valence-corrected chi connectivity index (χ4v) is 2.52. The number of aliphatic carboxylic acids is 1. The molecule has 0 aliphatic heterocycles. The molecule has 0 saturated carbocycles. The van der Waals surface area contributed by atoms with Crippen molar-refractivity contribution in [1.82, 2.24) is 10.2 Å². The van der Waals surface area contributed by atoms with Crippen LogP contribution in [0.3, 0.4) is 0 Å². The van der Waals surface area contributed by atoms with E-state index in [-0.39, 0.29) is 6.04 Å². The van der Waals surface area contributed by atoms with Crippen molar-refractivity contribution >= 4 is 29.2 Å². The van der Waals surface area contributed by atoms with E-state index >= 15 is 0 Å². The zero-order valence-corrected chi connectivity index (χ0v) is 11.9. The van der Waals surface area contributed by atoms with Gasteiger partial charge in [0.05, 0.1) is 6.04 Å². The van der Waals surface area contributed by atoms with Crippen LogP contribution in [0.15, 0.2) is 17.5 Å². The van der Waals surface area contributed by atoms with E-state index < -0.39 is 31.0 Å². The highest BCUT2D eigenvalue weighted by molar-refractivity contribution is 7.10. The zero-order chi connectivity index (χ0) is 15.1. The van der Waals surface area contributed by atoms with E-state index in [2.05, 4.69) is 5.32 Å². The number of nitrogens with two attached hydrogens (primary N) is 1. The van der Waals surface area contributed by atoms with Gasteiger partial charge in [-0.15, -0.1) is 11.3 Å². The lowest BCUT2D eigenvalue weighted by atomic mass is 10.2. The molecule has 1 aromatic heterocycles. The fourth-order valence-electron chi connectivity index (χ4n) is 1.66. The van der Waals surface area contributed by atoms with Crippen molar-refractivity contribution in [2.24, 2.45) is 5.73 Å². The first-order chi connectivity index (χ1) is 9.43. The minimum Gasteiger partial charge on any atom is -0.480 e. The number of primary amides is 1. The highest BCUT2D eigenvalue weighted by atomic mass is 32.1. The van der Waals surface area contributed by atoms with Gasteiger partial charge < -0.3 is 21.1 Å². The summed E-state index contributed by atoms with van der Waals surface area (Å²) in [5.74, 6) is -1.96. The van der Waals surface area contributed by atoms with E-state index in [9.17, 15) is 14.4 Å². The second-order valence-electron chi connectivity index (χ2n) is 4.14. The number of hydrogen-bond donors (Lipinski definition) is 3. The standard InChI is InChI=1S/C12H17N3O4S/c1-2-8(9-4-3-5-20-9)14-12(19)15(6-10(13)16)7-11(17)18/h3-5,8H,2,6-7H2,1H3,(H2,13,16)(H,14,19)(H,17,18). The van der Waals surface area contributed by atoms with Gasteiger partial charge in [-0.3, -0.25) is 9.59 Å². The van der Waals surface area contributed by atoms with Crippen LogP contribution in [0.25, 0.3) is 0 Å². The molecule has 20 heavy (non-hydrogen) atoms. The summed E-state index contributed by atoms with van der Waals surface area (Å²) in [6.45, 7) is 0.898. The van der Waals surface area contributed by atoms with Gasteiger partial charge in [-0.25, -0.2) is 4.79 Å². The first-order valence-corrected chi connectivity index (χ1v) is 6.91. The first-order valence-electron chi connectivity index (χ1n) is 6.03. The minimum absolute atomic E-state index is 0.216. The number of nitrogens with one attached hydrogen (secondary N) is 1. The van der Waals surface area contributed by atoms with Crippen molar-refractivity contribution in [3.8, 4) is 0 Å². The summed E-state index contributed by atoms with van der Waals surface area (Å²) in [5.41, 5.74) is 5.01. The Bertz CT molecular complexity index is 459. The third-order valence-corrected chi connectivity index (χ3v) is 3.54. The lowest BCUT2D eigenvalue weighted by molar-refractivity contribution is -0.137. The van der Waals surface area contributed by atoms with Gasteiger partial charge in [0.25, 0.3) is 0 Å². The Kier molecular flexibility index (Phi) is 5.98. The van der Waals surface area contributed by atoms with Crippen molar-refractivity contribution in [3.05, 3.63) is 22.4 Å². The van der Waals surface area contributed by atoms with E-state index in [0.29, 0.717) is 6.42 Å². The van der Waals surface area contributed by atoms with Crippen molar-refractivity contribution in [2.75, 3.05) is 13.1 Å². The van der Waals surface area contributed by atoms with E-state index in [1.807, 2.05) is 24.4 Å². The molecule has 1 aromatic rings. The quantitative estimate of drug-likeness (QED) is 0.690. The molecule has 4 N–H and O–H groups in total. The molecular formula is C12H17N3O4S. The summed E-state index contributed by atoms with van der Waals surface area (Å²) in [6, 6.07) is 2.92. The maximum Gasteiger partial charge on any atom is 0.323 e. The van der Waals surface area contributed by atoms with Crippen LogP contribution in [-0.4, -0.2) is 41.0 Å². The molecule has 1 atom stereocenters. The average molecular weight is 299 g/mol. The lowest BCUT2D eigenvalue weighted by Crippen LogP contribution is -2.47. The second kappa shape index (κ2) is 7.49. The number of carboxylic acid groups (broad SMARTS) is 1. The largest absolute Gasteiger partial charge is 0.480 e. The Balaban J connectivity index is 2.73. The van der Waals surface area contributed by atoms with Crippen molar-refractivity contribution in [2.45, 2.75) is 19.4 Å². The zero-order valence-electron chi connectivity index (χ0n) is 11.0. The van der Waals surface area contributed by atoms with Crippen LogP contribution in [-0.2, 0) is 9.59 Å². The maximum absolute atomic E-state index is 12.0. The Morgan fingerprint density at radius 1 is 1.45 bits per heavy atom. The molecule has 0 fully saturated rings. The summed E-state index contributed by atoms with van der Waals surface area (Å²) < 4.78 is 0. The molecule has 8 heteroatoms. The summed E-state index contributed by atoms with van der Waals surface area (Å²) in [5, 5.41) is 13.3. The van der Waals surface area contributed by atoms with Crippen LogP contribution in [0.1, 0.15) is 24.3 Å². The molecule has 0 saturated heterocycles. The summed E-state index contributed by atoms with van der Waals surface area (Å²) in [7, 11) is 0. The SMILES string of the molecule is CCC(NC(=O)N(CC(N)=O)CC(=O)O)c1cccs1. The van der Waals surface area contributed by atoms with Gasteiger partial charge in [-0.05, 0) is 17.9 Å². The molecule has 0 aliphatic carbocycles. The van der Waals surface area contributed by atoms with Gasteiger partial charge in [0.2, 0.25) is 5.91 Å². The normalized spacial score (nSPS) is 11.7. The van der Waals surface area contributed by atoms with Gasteiger partial charge in [-0.2, -0.15) is 0 Å². The number of carbonyl (C=O) groups excluding carboxylic acids is 2. The van der Waals surface area contributed by atoms with Crippen molar-refractivity contribution in [3.63, 3.8) is 0 Å². The Labute approximate surface area is 120 Å². The number of urea groups is 1. The highest BCUT2D eigenvalue weighted by Crippen LogP contribution is 2.21. The summed E-state index contributed by atoms with van der Waals surface area (Å²) in [6.07, 6.45) is 0.656. The number of nitrogens with zero attached hydrogens (tertiary/aromatic N) is 1. The molecule has 0 radical (unpaired) electrons. The number of carbonyl (C=O) groups is 3. The van der Waals surface area contributed by atoms with E-state index in [1.54, 1.807) is 0 Å². The van der Waals surface area contributed by atoms with Gasteiger partial charge in [0.1, 0.15) is 13.1 Å². The lowest BCUT2D eigenvalue weighted by Gasteiger charge is -2.23. The third kappa shape index (κ3) is 4.88. The third-order valence-electron chi connectivity index (χ3n) is 2.55. The summed E-state index contributed by atoms with van der Waals surface area (Å²) in [4.78, 5) is 35.5. The van der Waals surface area contributed by atoms with Gasteiger partial charge in [0, 0.05) is 4.88 Å². The molecule has 0 aliphatic rings. The molecule has 110 valence electrons. The van der Waals surface area contributed by atoms with Crippen molar-refractivity contribution in [1.29, 1.82) is 0 Å². The average Bonchev–Trinajstić information content (AvgIpc) is 2.87. The van der Waals surface area contributed by atoms with Crippen LogP contribution in [0.2, 0.25) is 0 Å². The Morgan fingerprint density at radius 3 is 2.60 bits per heavy atom. The number of hydrogen-bond acceptors (Lipinski definition) is 4. The van der Waals surface area contributed by atoms with Gasteiger partial charge in [-0.1, -0.05) is 13.0 Å². The second-order valence-corrected chi connectivity index (χ2v) is 5.12. The fraction of sp³-hybridized carbons (Fsp3) is 0.417. The molecule has 0 spiro atoms. The van der Waals surface area contributed by atoms with E-state index in [1.165, 1.54) is 11.3 Å². The van der Waals surface area contributed by atoms with Crippen LogP contribution in [0.4, 0.5) is 4.79 Å². The molecule has 1 heterocycles. The van der Waals surface area contributed by atoms with Crippen LogP contribution >= 0.6 is 11.3 Å². The Hall–Kier alpha value is -2.09. The van der Waals surface area contributed by atoms with Crippen molar-refractivity contribution < 1.29 is 19.5 Å². The smallest absolute Gasteiger partial charge is 0.323 e. The van der Waals surface area contributed by atoms with Crippen LogP contribution in [0.5, 0.6) is 0 Å². The minimum atomic E-state index is -1.20. The number of carboxylic acids is 1. The van der Waals surface area contributed by atoms with Gasteiger partial charge in [0.15, 0.2) is 0 Å². The summed E-state index contributed by atoms with van der Waals surface area (Å²) >= 11 is 1.50. The van der Waals surface area contributed by atoms with Crippen LogP contribution in [0, 0.1) is 0 Å². The molecular weight excluding hydrogens is 282 g/mol. The Morgan fingerprint density at radius 2 is 2.15 bits per heavy atom. The maximum atomic E-state index is 12.0. The molecule has 1 rings (SSSR count). The van der Waals surface area contributed by atoms with E-state index in [0.717, 1.165) is 9.78 Å². The van der Waals surface area contributed by atoms with E-state index in [4.69, 9.17) is 10.8 Å².